The normalized spacial score (nSPS) is 10.8. The Bertz CT molecular complexity index is 537. The third-order valence-corrected chi connectivity index (χ3v) is 3.35. The Morgan fingerprint density at radius 3 is 2.50 bits per heavy atom. The first-order chi connectivity index (χ1) is 9.67. The highest BCUT2D eigenvalue weighted by atomic mass is 16.5. The predicted octanol–water partition coefficient (Wildman–Crippen LogP) is 2.95. The van der Waals surface area contributed by atoms with Crippen molar-refractivity contribution in [2.45, 2.75) is 13.0 Å². The molecule has 0 aromatic heterocycles. The van der Waals surface area contributed by atoms with Gasteiger partial charge in [0.1, 0.15) is 5.75 Å². The van der Waals surface area contributed by atoms with Crippen LogP contribution in [0.1, 0.15) is 11.1 Å². The van der Waals surface area contributed by atoms with Crippen LogP contribution in [0.25, 0.3) is 0 Å². The van der Waals surface area contributed by atoms with Gasteiger partial charge >= 0.3 is 0 Å². The monoisotopic (exact) mass is 270 g/mol. The molecular weight excluding hydrogens is 248 g/mol. The van der Waals surface area contributed by atoms with Gasteiger partial charge in [0.15, 0.2) is 0 Å². The van der Waals surface area contributed by atoms with Gasteiger partial charge in [0.05, 0.1) is 7.11 Å². The van der Waals surface area contributed by atoms with Crippen molar-refractivity contribution in [2.24, 2.45) is 0 Å². The standard InChI is InChI=1S/C17H22N2O/c1-19(11-10-14-6-8-16(18)9-7-14)13-15-4-3-5-17(12-15)20-2/h3-9,12H,10-11,13,18H2,1-2H3. The molecule has 0 bridgehead atoms. The third-order valence-electron chi connectivity index (χ3n) is 3.35. The lowest BCUT2D eigenvalue weighted by Crippen LogP contribution is -2.20. The van der Waals surface area contributed by atoms with Crippen molar-refractivity contribution >= 4 is 5.69 Å². The van der Waals surface area contributed by atoms with Crippen LogP contribution in [0.4, 0.5) is 5.69 Å². The molecule has 2 N–H and O–H groups in total. The van der Waals surface area contributed by atoms with E-state index < -0.39 is 0 Å². The Morgan fingerprint density at radius 1 is 1.05 bits per heavy atom. The average molecular weight is 270 g/mol. The molecule has 0 aliphatic carbocycles. The Morgan fingerprint density at radius 2 is 1.80 bits per heavy atom. The van der Waals surface area contributed by atoms with Gasteiger partial charge in [-0.3, -0.25) is 0 Å². The highest BCUT2D eigenvalue weighted by molar-refractivity contribution is 5.39. The largest absolute Gasteiger partial charge is 0.497 e. The number of methoxy groups -OCH3 is 1. The number of ether oxygens (including phenoxy) is 1. The van der Waals surface area contributed by atoms with Crippen LogP contribution in [0.15, 0.2) is 48.5 Å². The van der Waals surface area contributed by atoms with Crippen molar-refractivity contribution in [3.05, 3.63) is 59.7 Å². The maximum Gasteiger partial charge on any atom is 0.119 e. The van der Waals surface area contributed by atoms with Crippen LogP contribution in [0, 0.1) is 0 Å². The highest BCUT2D eigenvalue weighted by Gasteiger charge is 2.02. The number of benzene rings is 2. The van der Waals surface area contributed by atoms with E-state index in [1.807, 2.05) is 24.3 Å². The lowest BCUT2D eigenvalue weighted by atomic mass is 10.1. The van der Waals surface area contributed by atoms with Gasteiger partial charge in [0, 0.05) is 18.8 Å². The molecular formula is C17H22N2O. The minimum atomic E-state index is 0.818. The first kappa shape index (κ1) is 14.4. The molecule has 0 heterocycles. The van der Waals surface area contributed by atoms with Crippen LogP contribution in [-0.2, 0) is 13.0 Å². The lowest BCUT2D eigenvalue weighted by molar-refractivity contribution is 0.330. The van der Waals surface area contributed by atoms with E-state index in [2.05, 4.69) is 36.2 Å². The summed E-state index contributed by atoms with van der Waals surface area (Å²) in [7, 11) is 3.83. The number of nitrogens with two attached hydrogens (primary N) is 1. The maximum absolute atomic E-state index is 5.69. The molecule has 0 radical (unpaired) electrons. The number of nitrogen functional groups attached to an aromatic ring is 1. The number of hydrogen-bond acceptors (Lipinski definition) is 3. The summed E-state index contributed by atoms with van der Waals surface area (Å²) in [6, 6.07) is 16.3. The molecule has 2 rings (SSSR count). The van der Waals surface area contributed by atoms with E-state index in [-0.39, 0.29) is 0 Å². The van der Waals surface area contributed by atoms with E-state index in [4.69, 9.17) is 10.5 Å². The van der Waals surface area contributed by atoms with Crippen molar-refractivity contribution in [1.82, 2.24) is 4.90 Å². The third kappa shape index (κ3) is 4.28. The van der Waals surface area contributed by atoms with E-state index in [1.54, 1.807) is 7.11 Å². The van der Waals surface area contributed by atoms with Gasteiger partial charge < -0.3 is 15.4 Å². The maximum atomic E-state index is 5.69. The van der Waals surface area contributed by atoms with E-state index >= 15 is 0 Å². The fraction of sp³-hybridized carbons (Fsp3) is 0.294. The van der Waals surface area contributed by atoms with E-state index in [0.29, 0.717) is 0 Å². The Balaban J connectivity index is 1.85. The molecule has 3 heteroatoms. The zero-order valence-corrected chi connectivity index (χ0v) is 12.2. The topological polar surface area (TPSA) is 38.5 Å². The van der Waals surface area contributed by atoms with Crippen molar-refractivity contribution in [3.63, 3.8) is 0 Å². The fourth-order valence-electron chi connectivity index (χ4n) is 2.17. The van der Waals surface area contributed by atoms with Crippen molar-refractivity contribution in [1.29, 1.82) is 0 Å². The molecule has 0 saturated heterocycles. The number of rotatable bonds is 6. The molecule has 0 fully saturated rings. The number of nitrogens with zero attached hydrogens (tertiary/aromatic N) is 1. The van der Waals surface area contributed by atoms with Gasteiger partial charge in [-0.15, -0.1) is 0 Å². The summed E-state index contributed by atoms with van der Waals surface area (Å²) in [5, 5.41) is 0. The molecule has 0 atom stereocenters. The summed E-state index contributed by atoms with van der Waals surface area (Å²) in [4.78, 5) is 2.31. The first-order valence-electron chi connectivity index (χ1n) is 6.83. The number of anilines is 1. The lowest BCUT2D eigenvalue weighted by Gasteiger charge is -2.17. The van der Waals surface area contributed by atoms with Gasteiger partial charge in [0.25, 0.3) is 0 Å². The summed E-state index contributed by atoms with van der Waals surface area (Å²) in [5.41, 5.74) is 9.09. The molecule has 0 spiro atoms. The second-order valence-electron chi connectivity index (χ2n) is 5.08. The Labute approximate surface area is 121 Å². The zero-order valence-electron chi connectivity index (χ0n) is 12.2. The van der Waals surface area contributed by atoms with Crippen LogP contribution < -0.4 is 10.5 Å². The summed E-state index contributed by atoms with van der Waals surface area (Å²) in [6.07, 6.45) is 1.03. The van der Waals surface area contributed by atoms with Crippen LogP contribution in [-0.4, -0.2) is 25.6 Å². The average Bonchev–Trinajstić information content (AvgIpc) is 2.47. The molecule has 3 nitrogen and oxygen atoms in total. The van der Waals surface area contributed by atoms with E-state index in [1.165, 1.54) is 11.1 Å². The van der Waals surface area contributed by atoms with Crippen LogP contribution in [0.5, 0.6) is 5.75 Å². The van der Waals surface area contributed by atoms with Crippen molar-refractivity contribution in [3.8, 4) is 5.75 Å². The van der Waals surface area contributed by atoms with Gasteiger partial charge in [-0.05, 0) is 48.9 Å². The Hall–Kier alpha value is -2.00. The smallest absolute Gasteiger partial charge is 0.119 e. The minimum absolute atomic E-state index is 0.818. The quantitative estimate of drug-likeness (QED) is 0.820. The molecule has 0 aliphatic heterocycles. The van der Waals surface area contributed by atoms with Gasteiger partial charge in [-0.2, -0.15) is 0 Å². The SMILES string of the molecule is COc1cccc(CN(C)CCc2ccc(N)cc2)c1. The van der Waals surface area contributed by atoms with Crippen LogP contribution in [0.3, 0.4) is 0 Å². The van der Waals surface area contributed by atoms with Crippen LogP contribution >= 0.6 is 0 Å². The predicted molar refractivity (Wildman–Crippen MR) is 83.9 cm³/mol. The van der Waals surface area contributed by atoms with E-state index in [9.17, 15) is 0 Å². The molecule has 20 heavy (non-hydrogen) atoms. The molecule has 0 unspecified atom stereocenters. The highest BCUT2D eigenvalue weighted by Crippen LogP contribution is 2.14. The first-order valence-corrected chi connectivity index (χ1v) is 6.83. The molecule has 0 saturated carbocycles. The van der Waals surface area contributed by atoms with Gasteiger partial charge in [-0.1, -0.05) is 24.3 Å². The molecule has 106 valence electrons. The zero-order chi connectivity index (χ0) is 14.4. The van der Waals surface area contributed by atoms with Gasteiger partial charge in [0.2, 0.25) is 0 Å². The minimum Gasteiger partial charge on any atom is -0.497 e. The summed E-state index contributed by atoms with van der Waals surface area (Å²) >= 11 is 0. The second-order valence-corrected chi connectivity index (χ2v) is 5.08. The molecule has 2 aromatic rings. The number of hydrogen-bond donors (Lipinski definition) is 1. The Kier molecular flexibility index (Phi) is 5.02. The molecule has 0 amide bonds. The fourth-order valence-corrected chi connectivity index (χ4v) is 2.17. The summed E-state index contributed by atoms with van der Waals surface area (Å²) < 4.78 is 5.25. The second kappa shape index (κ2) is 6.96. The molecule has 2 aromatic carbocycles. The number of likely N-dealkylation sites (N-methyl/N-ethyl adjacent to an activating group) is 1. The van der Waals surface area contributed by atoms with E-state index in [0.717, 1.165) is 30.9 Å². The molecule has 0 aliphatic rings. The van der Waals surface area contributed by atoms with Gasteiger partial charge in [-0.25, -0.2) is 0 Å². The van der Waals surface area contributed by atoms with Crippen molar-refractivity contribution in [2.75, 3.05) is 26.4 Å². The van der Waals surface area contributed by atoms with Crippen LogP contribution in [0.2, 0.25) is 0 Å². The summed E-state index contributed by atoms with van der Waals surface area (Å²) in [5.74, 6) is 0.912. The van der Waals surface area contributed by atoms with Crippen molar-refractivity contribution < 1.29 is 4.74 Å². The summed E-state index contributed by atoms with van der Waals surface area (Å²) in [6.45, 7) is 1.94.